The van der Waals surface area contributed by atoms with Crippen LogP contribution in [0.25, 0.3) is 0 Å². The Balaban J connectivity index is 2.28. The smallest absolute Gasteiger partial charge is 0.324 e. The molecule has 0 spiro atoms. The first kappa shape index (κ1) is 11.4. The van der Waals surface area contributed by atoms with Crippen molar-refractivity contribution in [2.75, 3.05) is 18.5 Å². The molecule has 0 unspecified atom stereocenters. The van der Waals surface area contributed by atoms with Gasteiger partial charge in [0, 0.05) is 20.1 Å². The van der Waals surface area contributed by atoms with E-state index in [0.29, 0.717) is 6.54 Å². The lowest BCUT2D eigenvalue weighted by molar-refractivity contribution is -0.136. The highest BCUT2D eigenvalue weighted by atomic mass is 16.4. The number of fused-ring (bicyclic) bond motifs is 1. The first-order valence-electron chi connectivity index (χ1n) is 5.42. The van der Waals surface area contributed by atoms with Crippen molar-refractivity contribution < 1.29 is 14.7 Å². The summed E-state index contributed by atoms with van der Waals surface area (Å²) in [5.74, 6) is -0.900. The summed E-state index contributed by atoms with van der Waals surface area (Å²) in [4.78, 5) is 25.7. The summed E-state index contributed by atoms with van der Waals surface area (Å²) in [7, 11) is 1.71. The third-order valence-corrected chi connectivity index (χ3v) is 2.80. The second-order valence-corrected chi connectivity index (χ2v) is 4.06. The molecule has 2 rings (SSSR count). The van der Waals surface area contributed by atoms with Crippen LogP contribution in [0.2, 0.25) is 0 Å². The van der Waals surface area contributed by atoms with Crippen molar-refractivity contribution in [1.29, 1.82) is 0 Å². The number of carbonyl (C=O) groups excluding carboxylic acids is 1. The highest BCUT2D eigenvalue weighted by Crippen LogP contribution is 2.27. The second kappa shape index (κ2) is 4.45. The molecule has 0 aliphatic carbocycles. The van der Waals surface area contributed by atoms with Crippen molar-refractivity contribution in [3.05, 3.63) is 29.8 Å². The maximum absolute atomic E-state index is 12.0. The van der Waals surface area contributed by atoms with Crippen LogP contribution < -0.4 is 4.90 Å². The van der Waals surface area contributed by atoms with Gasteiger partial charge in [-0.1, -0.05) is 18.2 Å². The molecule has 0 saturated heterocycles. The first-order chi connectivity index (χ1) is 8.09. The molecule has 0 bridgehead atoms. The quantitative estimate of drug-likeness (QED) is 0.862. The summed E-state index contributed by atoms with van der Waals surface area (Å²) < 4.78 is 0. The molecule has 17 heavy (non-hydrogen) atoms. The number of anilines is 1. The number of carboxylic acid groups (broad SMARTS) is 1. The SMILES string of the molecule is CN1Cc2ccccc2N(CCC(=O)O)C1=O. The summed E-state index contributed by atoms with van der Waals surface area (Å²) in [5.41, 5.74) is 1.86. The zero-order valence-electron chi connectivity index (χ0n) is 9.59. The van der Waals surface area contributed by atoms with E-state index < -0.39 is 5.97 Å². The minimum absolute atomic E-state index is 0.0477. The Kier molecular flexibility index (Phi) is 2.99. The normalized spacial score (nSPS) is 14.8. The van der Waals surface area contributed by atoms with Crippen LogP contribution in [0.1, 0.15) is 12.0 Å². The van der Waals surface area contributed by atoms with E-state index in [9.17, 15) is 9.59 Å². The van der Waals surface area contributed by atoms with Gasteiger partial charge in [-0.15, -0.1) is 0 Å². The molecule has 0 saturated carbocycles. The lowest BCUT2D eigenvalue weighted by Crippen LogP contribution is -2.46. The summed E-state index contributed by atoms with van der Waals surface area (Å²) in [6, 6.07) is 7.42. The van der Waals surface area contributed by atoms with Gasteiger partial charge >= 0.3 is 12.0 Å². The Morgan fingerprint density at radius 2 is 2.12 bits per heavy atom. The van der Waals surface area contributed by atoms with Crippen LogP contribution in [0.3, 0.4) is 0 Å². The van der Waals surface area contributed by atoms with E-state index in [1.165, 1.54) is 4.90 Å². The second-order valence-electron chi connectivity index (χ2n) is 4.06. The number of rotatable bonds is 3. The van der Waals surface area contributed by atoms with Gasteiger partial charge < -0.3 is 10.0 Å². The van der Waals surface area contributed by atoms with Crippen LogP contribution in [-0.2, 0) is 11.3 Å². The molecule has 1 aromatic carbocycles. The van der Waals surface area contributed by atoms with Gasteiger partial charge in [0.05, 0.1) is 12.1 Å². The van der Waals surface area contributed by atoms with Crippen molar-refractivity contribution >= 4 is 17.7 Å². The van der Waals surface area contributed by atoms with Crippen molar-refractivity contribution in [2.24, 2.45) is 0 Å². The first-order valence-corrected chi connectivity index (χ1v) is 5.42. The van der Waals surface area contributed by atoms with Crippen molar-refractivity contribution in [3.63, 3.8) is 0 Å². The van der Waals surface area contributed by atoms with Gasteiger partial charge in [0.15, 0.2) is 0 Å². The number of benzene rings is 1. The number of nitrogens with zero attached hydrogens (tertiary/aromatic N) is 2. The molecule has 2 amide bonds. The van der Waals surface area contributed by atoms with E-state index in [-0.39, 0.29) is 19.0 Å². The van der Waals surface area contributed by atoms with Gasteiger partial charge in [-0.2, -0.15) is 0 Å². The largest absolute Gasteiger partial charge is 0.481 e. The zero-order chi connectivity index (χ0) is 12.4. The predicted molar refractivity (Wildman–Crippen MR) is 62.9 cm³/mol. The molecule has 1 heterocycles. The average molecular weight is 234 g/mol. The minimum atomic E-state index is -0.900. The van der Waals surface area contributed by atoms with Crippen molar-refractivity contribution in [1.82, 2.24) is 4.90 Å². The number of aliphatic carboxylic acids is 1. The monoisotopic (exact) mass is 234 g/mol. The topological polar surface area (TPSA) is 60.9 Å². The number of hydrogen-bond donors (Lipinski definition) is 1. The molecular formula is C12H14N2O3. The van der Waals surface area contributed by atoms with Crippen molar-refractivity contribution in [2.45, 2.75) is 13.0 Å². The van der Waals surface area contributed by atoms with Gasteiger partial charge in [0.25, 0.3) is 0 Å². The molecule has 0 radical (unpaired) electrons. The molecule has 1 aliphatic heterocycles. The Hall–Kier alpha value is -2.04. The molecule has 90 valence electrons. The molecule has 0 atom stereocenters. The number of urea groups is 1. The van der Waals surface area contributed by atoms with E-state index in [1.807, 2.05) is 24.3 Å². The third kappa shape index (κ3) is 2.22. The summed E-state index contributed by atoms with van der Waals surface area (Å²) >= 11 is 0. The van der Waals surface area contributed by atoms with Gasteiger partial charge in [-0.3, -0.25) is 9.69 Å². The summed E-state index contributed by atoms with van der Waals surface area (Å²) in [6.07, 6.45) is -0.0477. The maximum atomic E-state index is 12.0. The van der Waals surface area contributed by atoms with Crippen LogP contribution in [0.4, 0.5) is 10.5 Å². The molecule has 1 aromatic rings. The van der Waals surface area contributed by atoms with Crippen LogP contribution in [0.5, 0.6) is 0 Å². The molecule has 0 fully saturated rings. The average Bonchev–Trinajstić information content (AvgIpc) is 2.29. The molecular weight excluding hydrogens is 220 g/mol. The highest BCUT2D eigenvalue weighted by Gasteiger charge is 2.27. The van der Waals surface area contributed by atoms with Crippen LogP contribution in [-0.4, -0.2) is 35.6 Å². The zero-order valence-corrected chi connectivity index (χ0v) is 9.59. The number of para-hydroxylation sites is 1. The molecule has 1 aliphatic rings. The van der Waals surface area contributed by atoms with Crippen molar-refractivity contribution in [3.8, 4) is 0 Å². The Bertz CT molecular complexity index is 459. The van der Waals surface area contributed by atoms with E-state index in [4.69, 9.17) is 5.11 Å². The van der Waals surface area contributed by atoms with Crippen LogP contribution in [0, 0.1) is 0 Å². The minimum Gasteiger partial charge on any atom is -0.481 e. The summed E-state index contributed by atoms with van der Waals surface area (Å²) in [6.45, 7) is 0.772. The molecule has 1 N–H and O–H groups in total. The summed E-state index contributed by atoms with van der Waals surface area (Å²) in [5, 5.41) is 8.69. The molecule has 5 heteroatoms. The molecule has 0 aromatic heterocycles. The molecule has 5 nitrogen and oxygen atoms in total. The highest BCUT2D eigenvalue weighted by molar-refractivity contribution is 5.95. The van der Waals surface area contributed by atoms with Crippen LogP contribution in [0.15, 0.2) is 24.3 Å². The number of carboxylic acids is 1. The van der Waals surface area contributed by atoms with E-state index in [2.05, 4.69) is 0 Å². The van der Waals surface area contributed by atoms with Gasteiger partial charge in [-0.25, -0.2) is 4.79 Å². The van der Waals surface area contributed by atoms with E-state index in [0.717, 1.165) is 11.3 Å². The Morgan fingerprint density at radius 3 is 2.82 bits per heavy atom. The fourth-order valence-corrected chi connectivity index (χ4v) is 1.96. The maximum Gasteiger partial charge on any atom is 0.324 e. The van der Waals surface area contributed by atoms with Crippen LogP contribution >= 0.6 is 0 Å². The standard InChI is InChI=1S/C12H14N2O3/c1-13-8-9-4-2-3-5-10(9)14(12(13)17)7-6-11(15)16/h2-5H,6-8H2,1H3,(H,15,16). The fraction of sp³-hybridized carbons (Fsp3) is 0.333. The number of carbonyl (C=O) groups is 2. The van der Waals surface area contributed by atoms with E-state index >= 15 is 0 Å². The lowest BCUT2D eigenvalue weighted by atomic mass is 10.1. The number of hydrogen-bond acceptors (Lipinski definition) is 2. The van der Waals surface area contributed by atoms with Gasteiger partial charge in [-0.05, 0) is 11.6 Å². The fourth-order valence-electron chi connectivity index (χ4n) is 1.96. The lowest BCUT2D eigenvalue weighted by Gasteiger charge is -2.34. The van der Waals surface area contributed by atoms with E-state index in [1.54, 1.807) is 11.9 Å². The van der Waals surface area contributed by atoms with Gasteiger partial charge in [0.2, 0.25) is 0 Å². The Labute approximate surface area is 99.3 Å². The predicted octanol–water partition coefficient (Wildman–Crippen LogP) is 1.53. The third-order valence-electron chi connectivity index (χ3n) is 2.80. The Morgan fingerprint density at radius 1 is 1.41 bits per heavy atom. The van der Waals surface area contributed by atoms with Gasteiger partial charge in [0.1, 0.15) is 0 Å². The number of amides is 2.